The Labute approximate surface area is 154 Å². The Kier molecular flexibility index (Phi) is 6.09. The molecule has 11 nitrogen and oxygen atoms in total. The molecule has 1 aliphatic heterocycles. The number of nitrogens with zero attached hydrogens (tertiary/aromatic N) is 5. The monoisotopic (exact) mass is 381 g/mol. The van der Waals surface area contributed by atoms with Gasteiger partial charge in [-0.3, -0.25) is 4.57 Å². The van der Waals surface area contributed by atoms with E-state index in [4.69, 9.17) is 9.84 Å². The van der Waals surface area contributed by atoms with Gasteiger partial charge in [0.05, 0.1) is 25.6 Å². The van der Waals surface area contributed by atoms with Gasteiger partial charge in [-0.05, 0) is 19.8 Å². The fourth-order valence-electron chi connectivity index (χ4n) is 2.92. The third-order valence-electron chi connectivity index (χ3n) is 4.48. The van der Waals surface area contributed by atoms with E-state index < -0.39 is 37.3 Å². The van der Waals surface area contributed by atoms with Crippen LogP contribution in [0.25, 0.3) is 11.2 Å². The molecule has 148 valence electrons. The van der Waals surface area contributed by atoms with Gasteiger partial charge in [0.25, 0.3) is 0 Å². The van der Waals surface area contributed by atoms with Gasteiger partial charge in [0, 0.05) is 5.71 Å². The van der Waals surface area contributed by atoms with Gasteiger partial charge in [0.2, 0.25) is 0 Å². The summed E-state index contributed by atoms with van der Waals surface area (Å²) in [4.78, 5) is 16.9. The topological polar surface area (TPSA) is 166 Å². The van der Waals surface area contributed by atoms with E-state index in [-0.39, 0.29) is 6.61 Å². The first-order valence-electron chi connectivity index (χ1n) is 8.59. The number of hydrogen-bond acceptors (Lipinski definition) is 10. The van der Waals surface area contributed by atoms with Crippen molar-refractivity contribution < 1.29 is 30.3 Å². The lowest BCUT2D eigenvalue weighted by molar-refractivity contribution is -0.0511. The van der Waals surface area contributed by atoms with Crippen molar-refractivity contribution in [2.75, 3.05) is 13.2 Å². The summed E-state index contributed by atoms with van der Waals surface area (Å²) in [7, 11) is 0. The van der Waals surface area contributed by atoms with E-state index in [9.17, 15) is 20.4 Å². The van der Waals surface area contributed by atoms with Crippen LogP contribution in [0.15, 0.2) is 17.6 Å². The number of ether oxygens (including phenoxy) is 1. The van der Waals surface area contributed by atoms with Crippen molar-refractivity contribution in [3.05, 3.63) is 12.7 Å². The van der Waals surface area contributed by atoms with Gasteiger partial charge in [0.15, 0.2) is 23.2 Å². The van der Waals surface area contributed by atoms with E-state index in [1.807, 2.05) is 0 Å². The second-order valence-electron chi connectivity index (χ2n) is 6.47. The largest absolute Gasteiger partial charge is 0.394 e. The number of aliphatic hydroxyl groups is 5. The van der Waals surface area contributed by atoms with Crippen LogP contribution in [-0.4, -0.2) is 88.4 Å². The molecular formula is C16H23N5O6. The molecule has 3 heterocycles. The van der Waals surface area contributed by atoms with E-state index in [1.165, 1.54) is 17.2 Å². The predicted molar refractivity (Wildman–Crippen MR) is 93.4 cm³/mol. The zero-order chi connectivity index (χ0) is 19.6. The minimum atomic E-state index is -1.25. The van der Waals surface area contributed by atoms with Crippen LogP contribution >= 0.6 is 0 Å². The zero-order valence-electron chi connectivity index (χ0n) is 14.8. The molecule has 0 aromatic carbocycles. The molecule has 0 aliphatic carbocycles. The molecule has 1 unspecified atom stereocenters. The lowest BCUT2D eigenvalue weighted by Gasteiger charge is -2.16. The number of hydrogen-bond donors (Lipinski definition) is 5. The van der Waals surface area contributed by atoms with Gasteiger partial charge in [-0.15, -0.1) is 0 Å². The Bertz CT molecular complexity index is 812. The van der Waals surface area contributed by atoms with Crippen molar-refractivity contribution in [1.29, 1.82) is 0 Å². The Morgan fingerprint density at radius 1 is 1.26 bits per heavy atom. The van der Waals surface area contributed by atoms with E-state index in [1.54, 1.807) is 6.92 Å². The molecule has 0 spiro atoms. The van der Waals surface area contributed by atoms with Crippen LogP contribution in [0.3, 0.4) is 0 Å². The average molecular weight is 381 g/mol. The van der Waals surface area contributed by atoms with Crippen LogP contribution in [0.5, 0.6) is 0 Å². The SMILES string of the molecule is CC(CCC(O)CO)=Nc1ncnc2c1ncn2[C@H]1O[C@H](CO)[C@@H](O)[C@H]1O. The highest BCUT2D eigenvalue weighted by atomic mass is 16.6. The third kappa shape index (κ3) is 3.98. The summed E-state index contributed by atoms with van der Waals surface area (Å²) in [6.45, 7) is 1.05. The highest BCUT2D eigenvalue weighted by molar-refractivity contribution is 5.89. The predicted octanol–water partition coefficient (Wildman–Crippen LogP) is -1.34. The first-order valence-corrected chi connectivity index (χ1v) is 8.59. The first kappa shape index (κ1) is 19.7. The van der Waals surface area contributed by atoms with Crippen LogP contribution < -0.4 is 0 Å². The molecule has 2 aromatic heterocycles. The molecule has 0 saturated carbocycles. The molecule has 1 saturated heterocycles. The minimum absolute atomic E-state index is 0.306. The van der Waals surface area contributed by atoms with E-state index >= 15 is 0 Å². The summed E-state index contributed by atoms with van der Waals surface area (Å²) in [6, 6.07) is 0. The molecule has 5 atom stereocenters. The number of rotatable bonds is 7. The van der Waals surface area contributed by atoms with Gasteiger partial charge in [-0.25, -0.2) is 19.9 Å². The Balaban J connectivity index is 1.87. The van der Waals surface area contributed by atoms with Crippen LogP contribution in [0.1, 0.15) is 26.0 Å². The maximum atomic E-state index is 10.2. The molecule has 11 heteroatoms. The number of imidazole rings is 1. The summed E-state index contributed by atoms with van der Waals surface area (Å²) in [6.07, 6.45) is -1.57. The van der Waals surface area contributed by atoms with Gasteiger partial charge in [-0.2, -0.15) is 0 Å². The molecule has 0 radical (unpaired) electrons. The Morgan fingerprint density at radius 2 is 2.04 bits per heavy atom. The normalized spacial score (nSPS) is 27.4. The molecule has 27 heavy (non-hydrogen) atoms. The molecule has 1 fully saturated rings. The molecule has 0 bridgehead atoms. The second-order valence-corrected chi connectivity index (χ2v) is 6.47. The minimum Gasteiger partial charge on any atom is -0.394 e. The molecule has 0 amide bonds. The summed E-state index contributed by atoms with van der Waals surface area (Å²) >= 11 is 0. The summed E-state index contributed by atoms with van der Waals surface area (Å²) < 4.78 is 6.97. The fraction of sp³-hybridized carbons (Fsp3) is 0.625. The number of fused-ring (bicyclic) bond motifs is 1. The maximum Gasteiger partial charge on any atom is 0.183 e. The lowest BCUT2D eigenvalue weighted by atomic mass is 10.1. The summed E-state index contributed by atoms with van der Waals surface area (Å²) in [5.74, 6) is 0.321. The molecule has 5 N–H and O–H groups in total. The van der Waals surface area contributed by atoms with Crippen molar-refractivity contribution >= 4 is 22.7 Å². The van der Waals surface area contributed by atoms with Crippen molar-refractivity contribution in [1.82, 2.24) is 19.5 Å². The third-order valence-corrected chi connectivity index (χ3v) is 4.48. The summed E-state index contributed by atoms with van der Waals surface area (Å²) in [5, 5.41) is 47.7. The van der Waals surface area contributed by atoms with E-state index in [0.717, 1.165) is 0 Å². The maximum absolute atomic E-state index is 10.2. The second kappa shape index (κ2) is 8.33. The van der Waals surface area contributed by atoms with Crippen molar-refractivity contribution in [3.8, 4) is 0 Å². The molecule has 3 rings (SSSR count). The highest BCUT2D eigenvalue weighted by Gasteiger charge is 2.44. The van der Waals surface area contributed by atoms with Crippen LogP contribution in [0.2, 0.25) is 0 Å². The van der Waals surface area contributed by atoms with Crippen LogP contribution in [0, 0.1) is 0 Å². The Hall–Kier alpha value is -2.02. The van der Waals surface area contributed by atoms with Gasteiger partial charge in [-0.1, -0.05) is 0 Å². The smallest absolute Gasteiger partial charge is 0.183 e. The van der Waals surface area contributed by atoms with Crippen molar-refractivity contribution in [2.45, 2.75) is 50.4 Å². The van der Waals surface area contributed by atoms with E-state index in [0.29, 0.717) is 35.5 Å². The van der Waals surface area contributed by atoms with Crippen molar-refractivity contribution in [2.24, 2.45) is 4.99 Å². The Morgan fingerprint density at radius 3 is 2.70 bits per heavy atom. The fourth-order valence-corrected chi connectivity index (χ4v) is 2.92. The molecule has 2 aromatic rings. The van der Waals surface area contributed by atoms with Gasteiger partial charge < -0.3 is 30.3 Å². The highest BCUT2D eigenvalue weighted by Crippen LogP contribution is 2.32. The van der Waals surface area contributed by atoms with Gasteiger partial charge in [0.1, 0.15) is 24.6 Å². The molecule has 1 aliphatic rings. The van der Waals surface area contributed by atoms with Crippen LogP contribution in [-0.2, 0) is 4.74 Å². The summed E-state index contributed by atoms with van der Waals surface area (Å²) in [5.41, 5.74) is 1.45. The standard InChI is InChI=1S/C16H23N5O6/c1-8(2-3-9(24)4-22)20-14-11-15(18-6-17-14)21(7-19-11)16-13(26)12(25)10(5-23)27-16/h6-7,9-10,12-13,16,22-26H,2-5H2,1H3/t9?,10-,12-,13-,16+/m1/s1. The van der Waals surface area contributed by atoms with Crippen molar-refractivity contribution in [3.63, 3.8) is 0 Å². The number of aliphatic hydroxyl groups excluding tert-OH is 5. The quantitative estimate of drug-likeness (QED) is 0.365. The number of aliphatic imine (C=N–C) groups is 1. The average Bonchev–Trinajstić information content (AvgIpc) is 3.22. The zero-order valence-corrected chi connectivity index (χ0v) is 14.8. The van der Waals surface area contributed by atoms with Gasteiger partial charge >= 0.3 is 0 Å². The van der Waals surface area contributed by atoms with E-state index in [2.05, 4.69) is 19.9 Å². The first-order chi connectivity index (χ1) is 13.0. The lowest BCUT2D eigenvalue weighted by Crippen LogP contribution is -2.33. The number of aromatic nitrogens is 4. The van der Waals surface area contributed by atoms with Crippen LogP contribution in [0.4, 0.5) is 5.82 Å². The molecular weight excluding hydrogens is 358 g/mol.